The highest BCUT2D eigenvalue weighted by Crippen LogP contribution is 2.32. The highest BCUT2D eigenvalue weighted by atomic mass is 32.1. The topological polar surface area (TPSA) is 34.1 Å². The molecule has 0 atom stereocenters. The molecule has 4 heteroatoms. The van der Waals surface area contributed by atoms with Crippen LogP contribution in [0.1, 0.15) is 25.6 Å². The monoisotopic (exact) mass is 276 g/mol. The molecular formula is C15H20N2OS. The molecule has 0 aliphatic heterocycles. The van der Waals surface area contributed by atoms with Crippen LogP contribution in [0.3, 0.4) is 0 Å². The lowest BCUT2D eigenvalue weighted by molar-refractivity contribution is 0.341. The third kappa shape index (κ3) is 3.78. The van der Waals surface area contributed by atoms with Crippen LogP contribution in [0.15, 0.2) is 30.5 Å². The minimum atomic E-state index is 0.487. The molecule has 19 heavy (non-hydrogen) atoms. The molecule has 1 aromatic carbocycles. The van der Waals surface area contributed by atoms with Crippen molar-refractivity contribution in [3.63, 3.8) is 0 Å². The summed E-state index contributed by atoms with van der Waals surface area (Å²) in [7, 11) is 0. The van der Waals surface area contributed by atoms with Crippen molar-refractivity contribution >= 4 is 11.3 Å². The average Bonchev–Trinajstić information content (AvgIpc) is 2.86. The van der Waals surface area contributed by atoms with E-state index in [-0.39, 0.29) is 0 Å². The van der Waals surface area contributed by atoms with E-state index in [1.54, 1.807) is 11.3 Å². The van der Waals surface area contributed by atoms with Crippen LogP contribution in [0.5, 0.6) is 5.75 Å². The van der Waals surface area contributed by atoms with E-state index in [9.17, 15) is 0 Å². The fraction of sp³-hybridized carbons (Fsp3) is 0.400. The maximum atomic E-state index is 5.65. The molecule has 0 unspecified atom stereocenters. The summed E-state index contributed by atoms with van der Waals surface area (Å²) >= 11 is 1.71. The molecule has 0 saturated heterocycles. The van der Waals surface area contributed by atoms with Gasteiger partial charge in [0.05, 0.1) is 12.2 Å². The number of nitrogens with zero attached hydrogens (tertiary/aromatic N) is 1. The quantitative estimate of drug-likeness (QED) is 0.873. The van der Waals surface area contributed by atoms with Gasteiger partial charge in [-0.3, -0.25) is 0 Å². The Morgan fingerprint density at radius 2 is 2.11 bits per heavy atom. The molecule has 1 N–H and O–H groups in total. The lowest BCUT2D eigenvalue weighted by Gasteiger charge is -2.07. The van der Waals surface area contributed by atoms with Crippen molar-refractivity contribution in [2.45, 2.75) is 33.4 Å². The van der Waals surface area contributed by atoms with Gasteiger partial charge in [-0.2, -0.15) is 0 Å². The number of para-hydroxylation sites is 1. The molecule has 0 amide bonds. The maximum absolute atomic E-state index is 5.65. The van der Waals surface area contributed by atoms with E-state index in [1.807, 2.05) is 31.3 Å². The van der Waals surface area contributed by atoms with Gasteiger partial charge in [0.2, 0.25) is 0 Å². The number of benzene rings is 1. The van der Waals surface area contributed by atoms with E-state index in [0.717, 1.165) is 22.9 Å². The summed E-state index contributed by atoms with van der Waals surface area (Å²) < 4.78 is 5.65. The predicted octanol–water partition coefficient (Wildman–Crippen LogP) is 3.71. The van der Waals surface area contributed by atoms with E-state index in [2.05, 4.69) is 30.2 Å². The lowest BCUT2D eigenvalue weighted by Crippen LogP contribution is -2.21. The highest BCUT2D eigenvalue weighted by Gasteiger charge is 2.10. The van der Waals surface area contributed by atoms with Gasteiger partial charge in [-0.05, 0) is 19.1 Å². The number of rotatable bonds is 6. The van der Waals surface area contributed by atoms with E-state index in [4.69, 9.17) is 4.74 Å². The summed E-state index contributed by atoms with van der Waals surface area (Å²) in [5.74, 6) is 0.905. The molecule has 2 aromatic rings. The number of thiazole rings is 1. The Morgan fingerprint density at radius 3 is 2.84 bits per heavy atom. The van der Waals surface area contributed by atoms with Gasteiger partial charge in [-0.25, -0.2) is 4.98 Å². The number of aromatic nitrogens is 1. The second kappa shape index (κ2) is 6.68. The predicted molar refractivity (Wildman–Crippen MR) is 80.7 cm³/mol. The van der Waals surface area contributed by atoms with Gasteiger partial charge in [-0.15, -0.1) is 11.3 Å². The molecule has 102 valence electrons. The van der Waals surface area contributed by atoms with Gasteiger partial charge < -0.3 is 10.1 Å². The standard InChI is InChI=1S/C15H20N2OS/c1-4-18-14-8-6-5-7-13(14)15-17-10-12(19-15)9-16-11(2)3/h5-8,10-11,16H,4,9H2,1-3H3. The molecule has 0 bridgehead atoms. The van der Waals surface area contributed by atoms with Crippen molar-refractivity contribution in [1.82, 2.24) is 10.3 Å². The van der Waals surface area contributed by atoms with Crippen molar-refractivity contribution < 1.29 is 4.74 Å². The van der Waals surface area contributed by atoms with E-state index in [1.165, 1.54) is 4.88 Å². The van der Waals surface area contributed by atoms with Crippen molar-refractivity contribution in [2.75, 3.05) is 6.61 Å². The SMILES string of the molecule is CCOc1ccccc1-c1ncc(CNC(C)C)s1. The third-order valence-corrected chi connectivity index (χ3v) is 3.69. The van der Waals surface area contributed by atoms with Crippen LogP contribution < -0.4 is 10.1 Å². The first kappa shape index (κ1) is 14.0. The molecular weight excluding hydrogens is 256 g/mol. The average molecular weight is 276 g/mol. The molecule has 0 aliphatic carbocycles. The molecule has 0 radical (unpaired) electrons. The van der Waals surface area contributed by atoms with Crippen LogP contribution in [0, 0.1) is 0 Å². The smallest absolute Gasteiger partial charge is 0.129 e. The van der Waals surface area contributed by atoms with Crippen LogP contribution in [0.25, 0.3) is 10.6 Å². The lowest BCUT2D eigenvalue weighted by atomic mass is 10.2. The molecule has 2 rings (SSSR count). The zero-order chi connectivity index (χ0) is 13.7. The van der Waals surface area contributed by atoms with Gasteiger partial charge in [0.15, 0.2) is 0 Å². The Morgan fingerprint density at radius 1 is 1.32 bits per heavy atom. The first-order valence-corrected chi connectivity index (χ1v) is 7.42. The van der Waals surface area contributed by atoms with Gasteiger partial charge in [0.1, 0.15) is 10.8 Å². The molecule has 0 aliphatic rings. The number of hydrogen-bond acceptors (Lipinski definition) is 4. The second-order valence-corrected chi connectivity index (χ2v) is 5.71. The molecule has 0 saturated carbocycles. The Hall–Kier alpha value is -1.39. The van der Waals surface area contributed by atoms with Gasteiger partial charge in [0.25, 0.3) is 0 Å². The Bertz CT molecular complexity index is 522. The van der Waals surface area contributed by atoms with Crippen molar-refractivity contribution in [2.24, 2.45) is 0 Å². The Balaban J connectivity index is 2.18. The van der Waals surface area contributed by atoms with E-state index >= 15 is 0 Å². The third-order valence-electron chi connectivity index (χ3n) is 2.66. The van der Waals surface area contributed by atoms with Gasteiger partial charge in [-0.1, -0.05) is 26.0 Å². The molecule has 1 heterocycles. The van der Waals surface area contributed by atoms with E-state index in [0.29, 0.717) is 12.6 Å². The molecule has 0 spiro atoms. The fourth-order valence-electron chi connectivity index (χ4n) is 1.74. The minimum absolute atomic E-state index is 0.487. The number of ether oxygens (including phenoxy) is 1. The first-order chi connectivity index (χ1) is 9.20. The molecule has 3 nitrogen and oxygen atoms in total. The summed E-state index contributed by atoms with van der Waals surface area (Å²) in [4.78, 5) is 5.75. The maximum Gasteiger partial charge on any atom is 0.129 e. The zero-order valence-electron chi connectivity index (χ0n) is 11.6. The summed E-state index contributed by atoms with van der Waals surface area (Å²) in [5, 5.41) is 4.42. The van der Waals surface area contributed by atoms with Gasteiger partial charge >= 0.3 is 0 Å². The number of hydrogen-bond donors (Lipinski definition) is 1. The number of nitrogens with one attached hydrogen (secondary N) is 1. The summed E-state index contributed by atoms with van der Waals surface area (Å²) in [5.41, 5.74) is 1.07. The molecule has 0 fully saturated rings. The normalized spacial score (nSPS) is 10.9. The Labute approximate surface area is 118 Å². The fourth-order valence-corrected chi connectivity index (χ4v) is 2.64. The van der Waals surface area contributed by atoms with Crippen LogP contribution >= 0.6 is 11.3 Å². The summed E-state index contributed by atoms with van der Waals surface area (Å²) in [6, 6.07) is 8.55. The van der Waals surface area contributed by atoms with E-state index < -0.39 is 0 Å². The Kier molecular flexibility index (Phi) is 4.93. The summed E-state index contributed by atoms with van der Waals surface area (Å²) in [6.07, 6.45) is 1.94. The van der Waals surface area contributed by atoms with Crippen molar-refractivity contribution in [3.8, 4) is 16.3 Å². The minimum Gasteiger partial charge on any atom is -0.493 e. The van der Waals surface area contributed by atoms with Crippen LogP contribution in [-0.4, -0.2) is 17.6 Å². The van der Waals surface area contributed by atoms with Crippen molar-refractivity contribution in [3.05, 3.63) is 35.3 Å². The molecule has 1 aromatic heterocycles. The van der Waals surface area contributed by atoms with Crippen molar-refractivity contribution in [1.29, 1.82) is 0 Å². The van der Waals surface area contributed by atoms with Gasteiger partial charge in [0, 0.05) is 23.7 Å². The van der Waals surface area contributed by atoms with Crippen LogP contribution in [-0.2, 0) is 6.54 Å². The second-order valence-electron chi connectivity index (χ2n) is 4.60. The largest absolute Gasteiger partial charge is 0.493 e. The van der Waals surface area contributed by atoms with Crippen LogP contribution in [0.2, 0.25) is 0 Å². The first-order valence-electron chi connectivity index (χ1n) is 6.61. The zero-order valence-corrected chi connectivity index (χ0v) is 12.5. The highest BCUT2D eigenvalue weighted by molar-refractivity contribution is 7.15. The van der Waals surface area contributed by atoms with Crippen LogP contribution in [0.4, 0.5) is 0 Å². The summed E-state index contributed by atoms with van der Waals surface area (Å²) in [6.45, 7) is 7.82.